The zero-order chi connectivity index (χ0) is 12.2. The average Bonchev–Trinajstić information content (AvgIpc) is 2.17. The van der Waals surface area contributed by atoms with E-state index in [0.717, 1.165) is 12.5 Å². The first-order valence-electron chi connectivity index (χ1n) is 4.49. The molecule has 1 heterocycles. The van der Waals surface area contributed by atoms with Gasteiger partial charge in [-0.3, -0.25) is 4.98 Å². The fourth-order valence-electron chi connectivity index (χ4n) is 1.11. The summed E-state index contributed by atoms with van der Waals surface area (Å²) in [6.45, 7) is 0.810. The van der Waals surface area contributed by atoms with E-state index in [9.17, 15) is 8.78 Å². The van der Waals surface area contributed by atoms with Gasteiger partial charge >= 0.3 is 0 Å². The van der Waals surface area contributed by atoms with Crippen LogP contribution in [0.5, 0.6) is 0 Å². The molecule has 0 aliphatic carbocycles. The highest BCUT2D eigenvalue weighted by atomic mass is 32.2. The molecule has 16 heavy (non-hydrogen) atoms. The average molecular weight is 243 g/mol. The molecule has 6 heteroatoms. The van der Waals surface area contributed by atoms with Gasteiger partial charge in [0.15, 0.2) is 0 Å². The Kier molecular flexibility index (Phi) is 4.07. The first-order valence-corrected chi connectivity index (χ1v) is 6.25. The smallest absolute Gasteiger partial charge is 0.255 e. The third-order valence-electron chi connectivity index (χ3n) is 1.85. The monoisotopic (exact) mass is 243 g/mol. The molecule has 1 aromatic heterocycles. The van der Waals surface area contributed by atoms with Crippen LogP contribution < -0.4 is 0 Å². The Bertz CT molecular complexity index is 429. The first-order chi connectivity index (χ1) is 7.43. The van der Waals surface area contributed by atoms with Gasteiger partial charge in [0.25, 0.3) is 5.92 Å². The highest BCUT2D eigenvalue weighted by Crippen LogP contribution is 2.24. The molecule has 0 amide bonds. The molecule has 0 spiro atoms. The standard InChI is InChI=1S/C10H11F2N3S/c1-10(11,12)9-4-3-8(5-14-9)6-16(2)15-7-13/h3-5H,6H2,1-2H3. The number of hydrogen-bond donors (Lipinski definition) is 0. The Labute approximate surface area is 95.2 Å². The van der Waals surface area contributed by atoms with Gasteiger partial charge in [-0.05, 0) is 17.9 Å². The Morgan fingerprint density at radius 3 is 2.69 bits per heavy atom. The van der Waals surface area contributed by atoms with E-state index in [2.05, 4.69) is 9.35 Å². The van der Waals surface area contributed by atoms with Crippen molar-refractivity contribution in [3.8, 4) is 6.19 Å². The van der Waals surface area contributed by atoms with E-state index in [4.69, 9.17) is 5.26 Å². The molecule has 1 rings (SSSR count). The minimum atomic E-state index is -2.91. The van der Waals surface area contributed by atoms with Crippen molar-refractivity contribution in [1.29, 1.82) is 5.26 Å². The lowest BCUT2D eigenvalue weighted by Crippen LogP contribution is -2.09. The van der Waals surface area contributed by atoms with E-state index in [1.807, 2.05) is 6.26 Å². The number of nitrogens with zero attached hydrogens (tertiary/aromatic N) is 3. The Balaban J connectivity index is 2.81. The van der Waals surface area contributed by atoms with Gasteiger partial charge in [-0.15, -0.1) is 0 Å². The van der Waals surface area contributed by atoms with Crippen molar-refractivity contribution in [1.82, 2.24) is 4.98 Å². The van der Waals surface area contributed by atoms with Crippen LogP contribution >= 0.6 is 0 Å². The summed E-state index contributed by atoms with van der Waals surface area (Å²) in [7, 11) is -0.412. The van der Waals surface area contributed by atoms with Crippen LogP contribution in [0.1, 0.15) is 18.2 Å². The summed E-state index contributed by atoms with van der Waals surface area (Å²) in [6, 6.07) is 2.90. The van der Waals surface area contributed by atoms with Gasteiger partial charge in [0.1, 0.15) is 5.69 Å². The lowest BCUT2D eigenvalue weighted by Gasteiger charge is -2.09. The molecular formula is C10H11F2N3S. The molecule has 0 saturated heterocycles. The molecule has 1 aromatic rings. The summed E-state index contributed by atoms with van der Waals surface area (Å²) in [5, 5.41) is 8.34. The number of pyridine rings is 1. The van der Waals surface area contributed by atoms with Crippen molar-refractivity contribution in [2.75, 3.05) is 6.26 Å². The number of hydrogen-bond acceptors (Lipinski definition) is 3. The van der Waals surface area contributed by atoms with Crippen molar-refractivity contribution in [2.45, 2.75) is 18.6 Å². The van der Waals surface area contributed by atoms with Crippen molar-refractivity contribution in [2.24, 2.45) is 4.36 Å². The predicted octanol–water partition coefficient (Wildman–Crippen LogP) is 2.61. The molecule has 0 aliphatic heterocycles. The van der Waals surface area contributed by atoms with Gasteiger partial charge in [-0.1, -0.05) is 16.8 Å². The lowest BCUT2D eigenvalue weighted by molar-refractivity contribution is 0.0127. The quantitative estimate of drug-likeness (QED) is 0.766. The summed E-state index contributed by atoms with van der Waals surface area (Å²) >= 11 is 0. The van der Waals surface area contributed by atoms with Gasteiger partial charge in [-0.2, -0.15) is 18.4 Å². The molecule has 1 atom stereocenters. The Hall–Kier alpha value is -1.35. The van der Waals surface area contributed by atoms with Crippen LogP contribution in [0.25, 0.3) is 0 Å². The van der Waals surface area contributed by atoms with E-state index in [1.165, 1.54) is 12.3 Å². The molecule has 0 saturated carbocycles. The van der Waals surface area contributed by atoms with Crippen molar-refractivity contribution in [3.63, 3.8) is 0 Å². The lowest BCUT2D eigenvalue weighted by atomic mass is 10.2. The third-order valence-corrected chi connectivity index (χ3v) is 2.99. The van der Waals surface area contributed by atoms with Crippen LogP contribution in [-0.4, -0.2) is 11.2 Å². The SMILES string of the molecule is CS(Cc1ccc(C(C)(F)F)nc1)=NC#N. The maximum atomic E-state index is 12.8. The fourth-order valence-corrected chi connectivity index (χ4v) is 1.97. The predicted molar refractivity (Wildman–Crippen MR) is 58.8 cm³/mol. The largest absolute Gasteiger partial charge is 0.286 e. The van der Waals surface area contributed by atoms with Gasteiger partial charge in [0.05, 0.1) is 0 Å². The second kappa shape index (κ2) is 5.12. The fraction of sp³-hybridized carbons (Fsp3) is 0.400. The molecule has 86 valence electrons. The van der Waals surface area contributed by atoms with E-state index in [1.54, 1.807) is 12.3 Å². The summed E-state index contributed by atoms with van der Waals surface area (Å²) < 4.78 is 29.3. The second-order valence-electron chi connectivity index (χ2n) is 3.38. The highest BCUT2D eigenvalue weighted by molar-refractivity contribution is 7.85. The molecule has 3 nitrogen and oxygen atoms in total. The van der Waals surface area contributed by atoms with Crippen molar-refractivity contribution < 1.29 is 8.78 Å². The molecule has 0 radical (unpaired) electrons. The topological polar surface area (TPSA) is 49.0 Å². The van der Waals surface area contributed by atoms with Gasteiger partial charge in [0, 0.05) is 18.9 Å². The molecule has 0 N–H and O–H groups in total. The maximum Gasteiger partial charge on any atom is 0.286 e. The summed E-state index contributed by atoms with van der Waals surface area (Å²) in [5.41, 5.74) is 0.558. The molecular weight excluding hydrogens is 232 g/mol. The molecule has 1 unspecified atom stereocenters. The van der Waals surface area contributed by atoms with Gasteiger partial charge in [0.2, 0.25) is 6.19 Å². The number of rotatable bonds is 3. The van der Waals surface area contributed by atoms with Crippen LogP contribution in [0, 0.1) is 11.5 Å². The molecule has 0 fully saturated rings. The van der Waals surface area contributed by atoms with Crippen molar-refractivity contribution in [3.05, 3.63) is 29.6 Å². The number of nitriles is 1. The van der Waals surface area contributed by atoms with Crippen molar-refractivity contribution >= 4 is 10.7 Å². The van der Waals surface area contributed by atoms with E-state index in [0.29, 0.717) is 5.75 Å². The number of alkyl halides is 2. The zero-order valence-corrected chi connectivity index (χ0v) is 9.76. The van der Waals surface area contributed by atoms with E-state index < -0.39 is 16.6 Å². The number of halogens is 2. The van der Waals surface area contributed by atoms with Crippen LogP contribution in [-0.2, 0) is 22.4 Å². The van der Waals surface area contributed by atoms with Crippen LogP contribution in [0.4, 0.5) is 8.78 Å². The Morgan fingerprint density at radius 1 is 1.56 bits per heavy atom. The van der Waals surface area contributed by atoms with Crippen LogP contribution in [0.3, 0.4) is 0 Å². The minimum Gasteiger partial charge on any atom is -0.255 e. The number of aromatic nitrogens is 1. The second-order valence-corrected chi connectivity index (χ2v) is 5.05. The molecule has 0 bridgehead atoms. The van der Waals surface area contributed by atoms with Crippen LogP contribution in [0.15, 0.2) is 22.7 Å². The maximum absolute atomic E-state index is 12.8. The van der Waals surface area contributed by atoms with Gasteiger partial charge in [-0.25, -0.2) is 0 Å². The molecule has 0 aliphatic rings. The molecule has 0 aromatic carbocycles. The van der Waals surface area contributed by atoms with E-state index in [-0.39, 0.29) is 5.69 Å². The zero-order valence-electron chi connectivity index (χ0n) is 8.94. The summed E-state index contributed by atoms with van der Waals surface area (Å²) in [6.07, 6.45) is 4.94. The minimum absolute atomic E-state index is 0.246. The third kappa shape index (κ3) is 3.66. The van der Waals surface area contributed by atoms with Gasteiger partial charge < -0.3 is 0 Å². The highest BCUT2D eigenvalue weighted by Gasteiger charge is 2.25. The normalized spacial score (nSPS) is 13.4. The first kappa shape index (κ1) is 12.7. The summed E-state index contributed by atoms with van der Waals surface area (Å²) in [4.78, 5) is 3.69. The Morgan fingerprint density at radius 2 is 2.25 bits per heavy atom. The van der Waals surface area contributed by atoms with E-state index >= 15 is 0 Å². The van der Waals surface area contributed by atoms with Crippen LogP contribution in [0.2, 0.25) is 0 Å². The summed E-state index contributed by atoms with van der Waals surface area (Å²) in [5.74, 6) is -2.36.